The van der Waals surface area contributed by atoms with E-state index in [2.05, 4.69) is 18.7 Å². The molecule has 106 valence electrons. The van der Waals surface area contributed by atoms with E-state index in [-0.39, 0.29) is 0 Å². The van der Waals surface area contributed by atoms with Crippen molar-refractivity contribution in [2.45, 2.75) is 58.8 Å². The van der Waals surface area contributed by atoms with E-state index in [1.54, 1.807) is 0 Å². The minimum absolute atomic E-state index is 0.461. The fourth-order valence-electron chi connectivity index (χ4n) is 3.98. The van der Waals surface area contributed by atoms with Gasteiger partial charge in [-0.15, -0.1) is 0 Å². The van der Waals surface area contributed by atoms with Crippen molar-refractivity contribution < 1.29 is 0 Å². The standard InChI is InChI=1S/C16H32N2/c1-14(2)15-6-10-18(11-7-15)13-16(12-17)8-4-3-5-9-16/h14-15H,3-13,17H2,1-2H3. The first-order valence-corrected chi connectivity index (χ1v) is 8.08. The van der Waals surface area contributed by atoms with E-state index >= 15 is 0 Å². The van der Waals surface area contributed by atoms with Crippen molar-refractivity contribution in [1.29, 1.82) is 0 Å². The highest BCUT2D eigenvalue weighted by Gasteiger charge is 2.33. The summed E-state index contributed by atoms with van der Waals surface area (Å²) in [5, 5.41) is 0. The van der Waals surface area contributed by atoms with Crippen LogP contribution in [0.4, 0.5) is 0 Å². The van der Waals surface area contributed by atoms with Crippen LogP contribution in [0.5, 0.6) is 0 Å². The molecule has 0 aromatic heterocycles. The predicted octanol–water partition coefficient (Wildman–Crippen LogP) is 3.26. The van der Waals surface area contributed by atoms with Gasteiger partial charge < -0.3 is 10.6 Å². The van der Waals surface area contributed by atoms with Crippen LogP contribution >= 0.6 is 0 Å². The molecule has 1 saturated heterocycles. The van der Waals surface area contributed by atoms with Gasteiger partial charge in [-0.05, 0) is 62.6 Å². The first-order valence-electron chi connectivity index (χ1n) is 8.08. The van der Waals surface area contributed by atoms with Crippen molar-refractivity contribution in [1.82, 2.24) is 4.90 Å². The Morgan fingerprint density at radius 2 is 1.72 bits per heavy atom. The van der Waals surface area contributed by atoms with Gasteiger partial charge >= 0.3 is 0 Å². The van der Waals surface area contributed by atoms with Crippen LogP contribution in [0.2, 0.25) is 0 Å². The van der Waals surface area contributed by atoms with Crippen LogP contribution in [0.15, 0.2) is 0 Å². The molecule has 0 atom stereocenters. The van der Waals surface area contributed by atoms with Crippen molar-refractivity contribution in [3.8, 4) is 0 Å². The summed E-state index contributed by atoms with van der Waals surface area (Å²) < 4.78 is 0. The van der Waals surface area contributed by atoms with E-state index in [0.29, 0.717) is 5.41 Å². The van der Waals surface area contributed by atoms with Crippen molar-refractivity contribution in [3.63, 3.8) is 0 Å². The number of rotatable bonds is 4. The van der Waals surface area contributed by atoms with E-state index in [0.717, 1.165) is 18.4 Å². The average Bonchev–Trinajstić information content (AvgIpc) is 2.40. The Bertz CT molecular complexity index is 235. The van der Waals surface area contributed by atoms with Gasteiger partial charge in [0.25, 0.3) is 0 Å². The second kappa shape index (κ2) is 6.38. The van der Waals surface area contributed by atoms with Crippen LogP contribution in [-0.4, -0.2) is 31.1 Å². The Hall–Kier alpha value is -0.0800. The summed E-state index contributed by atoms with van der Waals surface area (Å²) in [5.74, 6) is 1.83. The highest BCUT2D eigenvalue weighted by atomic mass is 15.1. The fourth-order valence-corrected chi connectivity index (χ4v) is 3.98. The maximum Gasteiger partial charge on any atom is 0.00501 e. The lowest BCUT2D eigenvalue weighted by molar-refractivity contribution is 0.0764. The lowest BCUT2D eigenvalue weighted by Gasteiger charge is -2.43. The molecule has 2 nitrogen and oxygen atoms in total. The smallest absolute Gasteiger partial charge is 0.00501 e. The number of nitrogens with two attached hydrogens (primary N) is 1. The molecular formula is C16H32N2. The summed E-state index contributed by atoms with van der Waals surface area (Å²) in [6.07, 6.45) is 9.77. The summed E-state index contributed by atoms with van der Waals surface area (Å²) in [6, 6.07) is 0. The average molecular weight is 252 g/mol. The van der Waals surface area contributed by atoms with Crippen LogP contribution in [0.25, 0.3) is 0 Å². The molecule has 0 aromatic rings. The lowest BCUT2D eigenvalue weighted by Crippen LogP contribution is -2.46. The molecule has 0 aromatic carbocycles. The number of piperidine rings is 1. The summed E-state index contributed by atoms with van der Waals surface area (Å²) in [6.45, 7) is 9.55. The normalized spacial score (nSPS) is 26.7. The molecule has 1 aliphatic heterocycles. The Labute approximate surface area is 113 Å². The number of nitrogens with zero attached hydrogens (tertiary/aromatic N) is 1. The van der Waals surface area contributed by atoms with Gasteiger partial charge in [-0.25, -0.2) is 0 Å². The monoisotopic (exact) mass is 252 g/mol. The molecule has 2 rings (SSSR count). The Morgan fingerprint density at radius 3 is 2.22 bits per heavy atom. The van der Waals surface area contributed by atoms with Gasteiger partial charge in [0.2, 0.25) is 0 Å². The summed E-state index contributed by atoms with van der Waals surface area (Å²) in [7, 11) is 0. The van der Waals surface area contributed by atoms with Gasteiger partial charge in [-0.1, -0.05) is 33.1 Å². The van der Waals surface area contributed by atoms with Gasteiger partial charge in [-0.2, -0.15) is 0 Å². The van der Waals surface area contributed by atoms with Gasteiger partial charge in [0.15, 0.2) is 0 Å². The van der Waals surface area contributed by atoms with E-state index in [9.17, 15) is 0 Å². The second-order valence-corrected chi connectivity index (χ2v) is 7.12. The molecular weight excluding hydrogens is 220 g/mol. The Morgan fingerprint density at radius 1 is 1.11 bits per heavy atom. The van der Waals surface area contributed by atoms with E-state index in [4.69, 9.17) is 5.73 Å². The maximum absolute atomic E-state index is 6.10. The zero-order chi connectivity index (χ0) is 13.0. The molecule has 2 heteroatoms. The highest BCUT2D eigenvalue weighted by Crippen LogP contribution is 2.37. The zero-order valence-electron chi connectivity index (χ0n) is 12.5. The van der Waals surface area contributed by atoms with Crippen LogP contribution in [0.3, 0.4) is 0 Å². The van der Waals surface area contributed by atoms with Crippen molar-refractivity contribution in [2.24, 2.45) is 23.0 Å². The summed E-state index contributed by atoms with van der Waals surface area (Å²) >= 11 is 0. The van der Waals surface area contributed by atoms with Crippen molar-refractivity contribution in [3.05, 3.63) is 0 Å². The fraction of sp³-hybridized carbons (Fsp3) is 1.00. The van der Waals surface area contributed by atoms with E-state index < -0.39 is 0 Å². The Kier molecular flexibility index (Phi) is 5.08. The molecule has 2 aliphatic rings. The molecule has 0 unspecified atom stereocenters. The summed E-state index contributed by atoms with van der Waals surface area (Å²) in [4.78, 5) is 2.71. The van der Waals surface area contributed by atoms with Crippen molar-refractivity contribution in [2.75, 3.05) is 26.2 Å². The Balaban J connectivity index is 1.82. The third kappa shape index (κ3) is 3.48. The molecule has 1 heterocycles. The van der Waals surface area contributed by atoms with Crippen LogP contribution in [-0.2, 0) is 0 Å². The molecule has 2 N–H and O–H groups in total. The number of hydrogen-bond donors (Lipinski definition) is 1. The molecule has 0 amide bonds. The predicted molar refractivity (Wildman–Crippen MR) is 78.6 cm³/mol. The lowest BCUT2D eigenvalue weighted by atomic mass is 9.73. The summed E-state index contributed by atoms with van der Waals surface area (Å²) in [5.41, 5.74) is 6.57. The number of likely N-dealkylation sites (tertiary alicyclic amines) is 1. The molecule has 0 radical (unpaired) electrons. The largest absolute Gasteiger partial charge is 0.330 e. The first kappa shape index (κ1) is 14.3. The van der Waals surface area contributed by atoms with Gasteiger partial charge in [-0.3, -0.25) is 0 Å². The zero-order valence-corrected chi connectivity index (χ0v) is 12.5. The molecule has 2 fully saturated rings. The minimum atomic E-state index is 0.461. The highest BCUT2D eigenvalue weighted by molar-refractivity contribution is 4.88. The molecule has 1 aliphatic carbocycles. The van der Waals surface area contributed by atoms with Gasteiger partial charge in [0.1, 0.15) is 0 Å². The molecule has 1 saturated carbocycles. The quantitative estimate of drug-likeness (QED) is 0.832. The topological polar surface area (TPSA) is 29.3 Å². The first-order chi connectivity index (χ1) is 8.65. The van der Waals surface area contributed by atoms with Gasteiger partial charge in [0, 0.05) is 6.54 Å². The van der Waals surface area contributed by atoms with Crippen LogP contribution < -0.4 is 5.73 Å². The van der Waals surface area contributed by atoms with E-state index in [1.807, 2.05) is 0 Å². The third-order valence-electron chi connectivity index (χ3n) is 5.48. The molecule has 0 spiro atoms. The SMILES string of the molecule is CC(C)C1CCN(CC2(CN)CCCCC2)CC1. The maximum atomic E-state index is 6.10. The van der Waals surface area contributed by atoms with Crippen LogP contribution in [0.1, 0.15) is 58.8 Å². The second-order valence-electron chi connectivity index (χ2n) is 7.12. The molecule has 18 heavy (non-hydrogen) atoms. The minimum Gasteiger partial charge on any atom is -0.330 e. The van der Waals surface area contributed by atoms with Crippen LogP contribution in [0, 0.1) is 17.3 Å². The van der Waals surface area contributed by atoms with Gasteiger partial charge in [0.05, 0.1) is 0 Å². The van der Waals surface area contributed by atoms with Crippen molar-refractivity contribution >= 4 is 0 Å². The third-order valence-corrected chi connectivity index (χ3v) is 5.48. The number of hydrogen-bond acceptors (Lipinski definition) is 2. The van der Waals surface area contributed by atoms with E-state index in [1.165, 1.54) is 64.6 Å². The molecule has 0 bridgehead atoms.